The van der Waals surface area contributed by atoms with Crippen molar-refractivity contribution in [3.05, 3.63) is 35.3 Å². The largest absolute Gasteiger partial charge is 0.371 e. The SMILES string of the molecule is CC(C)Cc1nnc(NC(=O)C2CCN(c3ccccc3)CC2)s1. The zero-order valence-electron chi connectivity index (χ0n) is 14.2. The molecule has 1 aromatic carbocycles. The standard InChI is InChI=1S/C18H24N4OS/c1-13(2)12-16-20-21-18(24-16)19-17(23)14-8-10-22(11-9-14)15-6-4-3-5-7-15/h3-7,13-14H,8-12H2,1-2H3,(H,19,21,23). The van der Waals surface area contributed by atoms with Crippen molar-refractivity contribution in [3.8, 4) is 0 Å². The zero-order valence-corrected chi connectivity index (χ0v) is 15.1. The molecule has 1 aliphatic heterocycles. The second-order valence-electron chi connectivity index (χ2n) is 6.69. The Morgan fingerprint density at radius 3 is 2.62 bits per heavy atom. The molecule has 0 atom stereocenters. The van der Waals surface area contributed by atoms with Crippen LogP contribution < -0.4 is 10.2 Å². The molecule has 6 heteroatoms. The summed E-state index contributed by atoms with van der Waals surface area (Å²) in [5, 5.41) is 12.8. The van der Waals surface area contributed by atoms with Gasteiger partial charge in [0.2, 0.25) is 11.0 Å². The summed E-state index contributed by atoms with van der Waals surface area (Å²) in [5.41, 5.74) is 1.24. The van der Waals surface area contributed by atoms with Gasteiger partial charge in [-0.2, -0.15) is 0 Å². The molecule has 1 amide bonds. The van der Waals surface area contributed by atoms with Crippen molar-refractivity contribution in [1.29, 1.82) is 0 Å². The zero-order chi connectivity index (χ0) is 16.9. The molecule has 3 rings (SSSR count). The molecule has 1 aliphatic rings. The van der Waals surface area contributed by atoms with E-state index in [0.29, 0.717) is 11.0 Å². The van der Waals surface area contributed by atoms with Gasteiger partial charge in [0, 0.05) is 31.1 Å². The van der Waals surface area contributed by atoms with E-state index in [1.807, 2.05) is 6.07 Å². The fourth-order valence-electron chi connectivity index (χ4n) is 2.98. The number of aromatic nitrogens is 2. The van der Waals surface area contributed by atoms with E-state index in [4.69, 9.17) is 0 Å². The summed E-state index contributed by atoms with van der Waals surface area (Å²) in [5.74, 6) is 0.682. The lowest BCUT2D eigenvalue weighted by molar-refractivity contribution is -0.120. The second-order valence-corrected chi connectivity index (χ2v) is 7.75. The quantitative estimate of drug-likeness (QED) is 0.900. The van der Waals surface area contributed by atoms with Crippen molar-refractivity contribution in [1.82, 2.24) is 10.2 Å². The molecule has 1 N–H and O–H groups in total. The van der Waals surface area contributed by atoms with E-state index < -0.39 is 0 Å². The van der Waals surface area contributed by atoms with Gasteiger partial charge in [-0.05, 0) is 30.9 Å². The number of anilines is 2. The van der Waals surface area contributed by atoms with Gasteiger partial charge in [-0.25, -0.2) is 0 Å². The lowest BCUT2D eigenvalue weighted by Gasteiger charge is -2.32. The van der Waals surface area contributed by atoms with Crippen LogP contribution in [-0.2, 0) is 11.2 Å². The Balaban J connectivity index is 1.51. The molecule has 0 unspecified atom stereocenters. The van der Waals surface area contributed by atoms with Crippen molar-refractivity contribution < 1.29 is 4.79 Å². The van der Waals surface area contributed by atoms with Crippen LogP contribution in [0.3, 0.4) is 0 Å². The van der Waals surface area contributed by atoms with E-state index in [1.54, 1.807) is 0 Å². The van der Waals surface area contributed by atoms with Crippen LogP contribution in [0.25, 0.3) is 0 Å². The minimum absolute atomic E-state index is 0.0578. The van der Waals surface area contributed by atoms with Gasteiger partial charge < -0.3 is 10.2 Å². The molecular weight excluding hydrogens is 320 g/mol. The van der Waals surface area contributed by atoms with Crippen molar-refractivity contribution in [2.45, 2.75) is 33.1 Å². The maximum atomic E-state index is 12.5. The second kappa shape index (κ2) is 7.75. The number of rotatable bonds is 5. The van der Waals surface area contributed by atoms with Gasteiger partial charge in [0.15, 0.2) is 0 Å². The van der Waals surface area contributed by atoms with Crippen LogP contribution in [0.15, 0.2) is 30.3 Å². The van der Waals surface area contributed by atoms with E-state index in [-0.39, 0.29) is 11.8 Å². The van der Waals surface area contributed by atoms with Gasteiger partial charge >= 0.3 is 0 Å². The molecule has 2 aromatic rings. The third-order valence-electron chi connectivity index (χ3n) is 4.27. The van der Waals surface area contributed by atoms with E-state index in [2.05, 4.69) is 58.5 Å². The molecule has 5 nitrogen and oxygen atoms in total. The van der Waals surface area contributed by atoms with Gasteiger partial charge in [0.25, 0.3) is 0 Å². The number of para-hydroxylation sites is 1. The molecule has 24 heavy (non-hydrogen) atoms. The van der Waals surface area contributed by atoms with Gasteiger partial charge in [0.05, 0.1) is 0 Å². The van der Waals surface area contributed by atoms with Crippen LogP contribution >= 0.6 is 11.3 Å². The van der Waals surface area contributed by atoms with Crippen LogP contribution in [0.4, 0.5) is 10.8 Å². The molecule has 2 heterocycles. The average Bonchev–Trinajstić information content (AvgIpc) is 3.02. The fourth-order valence-corrected chi connectivity index (χ4v) is 3.94. The molecule has 0 aliphatic carbocycles. The highest BCUT2D eigenvalue weighted by molar-refractivity contribution is 7.15. The first-order chi connectivity index (χ1) is 11.6. The molecule has 0 bridgehead atoms. The first kappa shape index (κ1) is 16.9. The number of hydrogen-bond donors (Lipinski definition) is 1. The third-order valence-corrected chi connectivity index (χ3v) is 5.13. The topological polar surface area (TPSA) is 58.1 Å². The van der Waals surface area contributed by atoms with Crippen molar-refractivity contribution in [2.75, 3.05) is 23.3 Å². The Morgan fingerprint density at radius 1 is 1.25 bits per heavy atom. The monoisotopic (exact) mass is 344 g/mol. The van der Waals surface area contributed by atoms with Crippen molar-refractivity contribution in [3.63, 3.8) is 0 Å². The summed E-state index contributed by atoms with van der Waals surface area (Å²) in [7, 11) is 0. The number of carbonyl (C=O) groups is 1. The Morgan fingerprint density at radius 2 is 1.96 bits per heavy atom. The van der Waals surface area contributed by atoms with E-state index in [0.717, 1.165) is 37.4 Å². The van der Waals surface area contributed by atoms with Gasteiger partial charge in [-0.15, -0.1) is 10.2 Å². The number of benzene rings is 1. The number of amides is 1. The minimum atomic E-state index is 0.0578. The van der Waals surface area contributed by atoms with Gasteiger partial charge in [0.1, 0.15) is 5.01 Å². The van der Waals surface area contributed by atoms with Crippen LogP contribution in [0.5, 0.6) is 0 Å². The maximum absolute atomic E-state index is 12.5. The highest BCUT2D eigenvalue weighted by atomic mass is 32.1. The first-order valence-electron chi connectivity index (χ1n) is 8.55. The highest BCUT2D eigenvalue weighted by Crippen LogP contribution is 2.25. The predicted molar refractivity (Wildman–Crippen MR) is 98.5 cm³/mol. The molecule has 0 spiro atoms. The first-order valence-corrected chi connectivity index (χ1v) is 9.36. The molecule has 128 valence electrons. The molecule has 1 saturated heterocycles. The van der Waals surface area contributed by atoms with Crippen LogP contribution in [0.2, 0.25) is 0 Å². The van der Waals surface area contributed by atoms with E-state index >= 15 is 0 Å². The molecule has 1 aromatic heterocycles. The number of nitrogens with zero attached hydrogens (tertiary/aromatic N) is 3. The Hall–Kier alpha value is -1.95. The molecular formula is C18H24N4OS. The summed E-state index contributed by atoms with van der Waals surface area (Å²) in [6, 6.07) is 10.4. The lowest BCUT2D eigenvalue weighted by Crippen LogP contribution is -2.38. The van der Waals surface area contributed by atoms with Crippen LogP contribution in [0.1, 0.15) is 31.7 Å². The summed E-state index contributed by atoms with van der Waals surface area (Å²) >= 11 is 1.49. The highest BCUT2D eigenvalue weighted by Gasteiger charge is 2.25. The Kier molecular flexibility index (Phi) is 5.45. The summed E-state index contributed by atoms with van der Waals surface area (Å²) in [4.78, 5) is 14.8. The number of hydrogen-bond acceptors (Lipinski definition) is 5. The maximum Gasteiger partial charge on any atom is 0.229 e. The fraction of sp³-hybridized carbons (Fsp3) is 0.500. The predicted octanol–water partition coefficient (Wildman–Crippen LogP) is 3.59. The average molecular weight is 344 g/mol. The number of carbonyl (C=O) groups excluding carboxylic acids is 1. The van der Waals surface area contributed by atoms with Crippen molar-refractivity contribution in [2.24, 2.45) is 11.8 Å². The molecule has 1 fully saturated rings. The smallest absolute Gasteiger partial charge is 0.229 e. The van der Waals surface area contributed by atoms with Crippen molar-refractivity contribution >= 4 is 28.1 Å². The Bertz CT molecular complexity index is 663. The lowest BCUT2D eigenvalue weighted by atomic mass is 9.95. The van der Waals surface area contributed by atoms with Crippen LogP contribution in [0, 0.1) is 11.8 Å². The minimum Gasteiger partial charge on any atom is -0.371 e. The van der Waals surface area contributed by atoms with E-state index in [1.165, 1.54) is 17.0 Å². The Labute approximate surface area is 147 Å². The molecule has 0 radical (unpaired) electrons. The summed E-state index contributed by atoms with van der Waals surface area (Å²) in [6.45, 7) is 6.13. The summed E-state index contributed by atoms with van der Waals surface area (Å²) < 4.78 is 0. The third kappa shape index (κ3) is 4.32. The number of piperidine rings is 1. The van der Waals surface area contributed by atoms with Gasteiger partial charge in [-0.3, -0.25) is 4.79 Å². The summed E-state index contributed by atoms with van der Waals surface area (Å²) in [6.07, 6.45) is 2.65. The van der Waals surface area contributed by atoms with Crippen LogP contribution in [-0.4, -0.2) is 29.2 Å². The normalized spacial score (nSPS) is 15.7. The van der Waals surface area contributed by atoms with Gasteiger partial charge in [-0.1, -0.05) is 43.4 Å². The molecule has 0 saturated carbocycles. The number of nitrogens with one attached hydrogen (secondary N) is 1. The van der Waals surface area contributed by atoms with E-state index in [9.17, 15) is 4.79 Å².